The van der Waals surface area contributed by atoms with Crippen LogP contribution >= 0.6 is 11.6 Å². The summed E-state index contributed by atoms with van der Waals surface area (Å²) in [5, 5.41) is 6.76. The van der Waals surface area contributed by atoms with Crippen LogP contribution in [0.5, 0.6) is 6.01 Å². The highest BCUT2D eigenvalue weighted by Gasteiger charge is 2.07. The van der Waals surface area contributed by atoms with E-state index in [9.17, 15) is 0 Å². The first-order valence-corrected chi connectivity index (χ1v) is 6.08. The van der Waals surface area contributed by atoms with Crippen LogP contribution in [-0.2, 0) is 6.42 Å². The zero-order valence-corrected chi connectivity index (χ0v) is 11.3. The van der Waals surface area contributed by atoms with E-state index in [1.54, 1.807) is 0 Å². The monoisotopic (exact) mass is 284 g/mol. The predicted octanol–water partition coefficient (Wildman–Crippen LogP) is 1.35. The maximum Gasteiger partial charge on any atom is 0.322 e. The summed E-state index contributed by atoms with van der Waals surface area (Å²) in [6.07, 6.45) is 1.83. The van der Waals surface area contributed by atoms with E-state index in [2.05, 4.69) is 34.9 Å². The fraction of sp³-hybridized carbons (Fsp3) is 0.500. The van der Waals surface area contributed by atoms with E-state index in [1.807, 2.05) is 13.8 Å². The molecule has 0 aliphatic carbocycles. The highest BCUT2D eigenvalue weighted by molar-refractivity contribution is 6.28. The van der Waals surface area contributed by atoms with Gasteiger partial charge in [0.1, 0.15) is 0 Å². The largest absolute Gasteiger partial charge is 0.461 e. The van der Waals surface area contributed by atoms with Gasteiger partial charge < -0.3 is 14.6 Å². The van der Waals surface area contributed by atoms with Crippen LogP contribution in [-0.4, -0.2) is 37.7 Å². The molecule has 19 heavy (non-hydrogen) atoms. The first-order valence-electron chi connectivity index (χ1n) is 5.71. The molecule has 102 valence electrons. The Morgan fingerprint density at radius 1 is 1.37 bits per heavy atom. The molecule has 8 nitrogen and oxygen atoms in total. The molecule has 0 spiro atoms. The standard InChI is InChI=1S/C10H13ClN6O2/c1-6(2)19-10-15-8(11)14-9(16-10)12-4-3-7-13-5-18-17-7/h5-6H,3-4H2,1-2H3,(H,12,14,15,16). The number of hydrogen-bond acceptors (Lipinski definition) is 8. The molecule has 0 aliphatic heterocycles. The van der Waals surface area contributed by atoms with Crippen molar-refractivity contribution in [3.8, 4) is 6.01 Å². The van der Waals surface area contributed by atoms with Crippen molar-refractivity contribution in [2.45, 2.75) is 26.4 Å². The van der Waals surface area contributed by atoms with Crippen LogP contribution < -0.4 is 10.1 Å². The fourth-order valence-corrected chi connectivity index (χ4v) is 1.42. The van der Waals surface area contributed by atoms with Gasteiger partial charge in [0.25, 0.3) is 0 Å². The molecule has 0 aromatic carbocycles. The molecule has 0 radical (unpaired) electrons. The smallest absolute Gasteiger partial charge is 0.322 e. The second kappa shape index (κ2) is 6.28. The van der Waals surface area contributed by atoms with Gasteiger partial charge in [-0.25, -0.2) is 0 Å². The Morgan fingerprint density at radius 3 is 2.89 bits per heavy atom. The summed E-state index contributed by atoms with van der Waals surface area (Å²) in [7, 11) is 0. The number of rotatable bonds is 6. The Morgan fingerprint density at radius 2 is 2.21 bits per heavy atom. The number of aromatic nitrogens is 5. The minimum absolute atomic E-state index is 0.0364. The number of halogens is 1. The molecule has 0 bridgehead atoms. The molecule has 2 heterocycles. The molecule has 2 rings (SSSR count). The van der Waals surface area contributed by atoms with Crippen LogP contribution in [0.3, 0.4) is 0 Å². The molecule has 0 unspecified atom stereocenters. The lowest BCUT2D eigenvalue weighted by Gasteiger charge is -2.09. The van der Waals surface area contributed by atoms with Gasteiger partial charge in [0.05, 0.1) is 6.10 Å². The van der Waals surface area contributed by atoms with Gasteiger partial charge >= 0.3 is 6.01 Å². The predicted molar refractivity (Wildman–Crippen MR) is 67.1 cm³/mol. The second-order valence-electron chi connectivity index (χ2n) is 3.90. The summed E-state index contributed by atoms with van der Waals surface area (Å²) in [4.78, 5) is 15.8. The van der Waals surface area contributed by atoms with E-state index in [4.69, 9.17) is 16.3 Å². The van der Waals surface area contributed by atoms with Gasteiger partial charge in [-0.15, -0.1) is 0 Å². The molecule has 2 aromatic heterocycles. The van der Waals surface area contributed by atoms with Gasteiger partial charge in [-0.3, -0.25) is 0 Å². The zero-order valence-electron chi connectivity index (χ0n) is 10.5. The Balaban J connectivity index is 1.93. The van der Waals surface area contributed by atoms with Crippen molar-refractivity contribution in [3.05, 3.63) is 17.5 Å². The van der Waals surface area contributed by atoms with E-state index >= 15 is 0 Å². The van der Waals surface area contributed by atoms with Crippen molar-refractivity contribution >= 4 is 17.5 Å². The SMILES string of the molecule is CC(C)Oc1nc(Cl)nc(NCCc2ncon2)n1. The van der Waals surface area contributed by atoms with Gasteiger partial charge in [-0.05, 0) is 25.4 Å². The van der Waals surface area contributed by atoms with Crippen LogP contribution in [0, 0.1) is 0 Å². The van der Waals surface area contributed by atoms with E-state index < -0.39 is 0 Å². The highest BCUT2D eigenvalue weighted by atomic mass is 35.5. The van der Waals surface area contributed by atoms with E-state index in [-0.39, 0.29) is 17.4 Å². The van der Waals surface area contributed by atoms with Crippen LogP contribution in [0.2, 0.25) is 5.28 Å². The minimum atomic E-state index is -0.0364. The molecular weight excluding hydrogens is 272 g/mol. The summed E-state index contributed by atoms with van der Waals surface area (Å²) in [5.74, 6) is 0.949. The molecule has 0 fully saturated rings. The van der Waals surface area contributed by atoms with Gasteiger partial charge in [0, 0.05) is 13.0 Å². The Hall–Kier alpha value is -1.96. The summed E-state index contributed by atoms with van der Waals surface area (Å²) < 4.78 is 9.99. The van der Waals surface area contributed by atoms with Crippen LogP contribution in [0.1, 0.15) is 19.7 Å². The summed E-state index contributed by atoms with van der Waals surface area (Å²) in [6, 6.07) is 0.192. The maximum absolute atomic E-state index is 5.79. The lowest BCUT2D eigenvalue weighted by Crippen LogP contribution is -2.13. The Labute approximate surface area is 114 Å². The molecule has 2 aromatic rings. The van der Waals surface area contributed by atoms with Gasteiger partial charge in [-0.2, -0.15) is 19.9 Å². The summed E-state index contributed by atoms with van der Waals surface area (Å²) >= 11 is 5.79. The molecule has 0 amide bonds. The zero-order chi connectivity index (χ0) is 13.7. The minimum Gasteiger partial charge on any atom is -0.461 e. The molecule has 0 saturated carbocycles. The molecule has 0 aliphatic rings. The molecule has 0 saturated heterocycles. The van der Waals surface area contributed by atoms with Crippen molar-refractivity contribution in [2.75, 3.05) is 11.9 Å². The fourth-order valence-electron chi connectivity index (χ4n) is 1.26. The van der Waals surface area contributed by atoms with Crippen molar-refractivity contribution in [1.29, 1.82) is 0 Å². The van der Waals surface area contributed by atoms with E-state index in [0.717, 1.165) is 0 Å². The van der Waals surface area contributed by atoms with E-state index in [1.165, 1.54) is 6.39 Å². The van der Waals surface area contributed by atoms with Crippen molar-refractivity contribution in [3.63, 3.8) is 0 Å². The number of ether oxygens (including phenoxy) is 1. The number of nitrogens with one attached hydrogen (secondary N) is 1. The quantitative estimate of drug-likeness (QED) is 0.848. The molecule has 9 heteroatoms. The van der Waals surface area contributed by atoms with Gasteiger partial charge in [0.2, 0.25) is 17.6 Å². The lowest BCUT2D eigenvalue weighted by molar-refractivity contribution is 0.222. The first kappa shape index (κ1) is 13.5. The Kier molecular flexibility index (Phi) is 4.45. The topological polar surface area (TPSA) is 98.9 Å². The molecule has 0 atom stereocenters. The van der Waals surface area contributed by atoms with Crippen LogP contribution in [0.15, 0.2) is 10.9 Å². The average Bonchev–Trinajstić information content (AvgIpc) is 2.80. The number of nitrogens with zero attached hydrogens (tertiary/aromatic N) is 5. The van der Waals surface area contributed by atoms with Gasteiger partial charge in [-0.1, -0.05) is 5.16 Å². The third-order valence-corrected chi connectivity index (χ3v) is 2.14. The van der Waals surface area contributed by atoms with Gasteiger partial charge in [0.15, 0.2) is 5.82 Å². The Bertz CT molecular complexity index is 519. The summed E-state index contributed by atoms with van der Waals surface area (Å²) in [6.45, 7) is 4.29. The van der Waals surface area contributed by atoms with E-state index in [0.29, 0.717) is 24.7 Å². The summed E-state index contributed by atoms with van der Waals surface area (Å²) in [5.41, 5.74) is 0. The third-order valence-electron chi connectivity index (χ3n) is 1.97. The van der Waals surface area contributed by atoms with Crippen LogP contribution in [0.4, 0.5) is 5.95 Å². The second-order valence-corrected chi connectivity index (χ2v) is 4.24. The number of anilines is 1. The average molecular weight is 285 g/mol. The molecular formula is C10H13ClN6O2. The molecule has 1 N–H and O–H groups in total. The van der Waals surface area contributed by atoms with Crippen molar-refractivity contribution in [2.24, 2.45) is 0 Å². The third kappa shape index (κ3) is 4.32. The van der Waals surface area contributed by atoms with Crippen molar-refractivity contribution in [1.82, 2.24) is 25.1 Å². The lowest BCUT2D eigenvalue weighted by atomic mass is 10.4. The van der Waals surface area contributed by atoms with Crippen LogP contribution in [0.25, 0.3) is 0 Å². The first-order chi connectivity index (χ1) is 9.13. The maximum atomic E-state index is 5.79. The number of hydrogen-bond donors (Lipinski definition) is 1. The normalized spacial score (nSPS) is 10.7. The van der Waals surface area contributed by atoms with Crippen molar-refractivity contribution < 1.29 is 9.26 Å². The highest BCUT2D eigenvalue weighted by Crippen LogP contribution is 2.12.